The summed E-state index contributed by atoms with van der Waals surface area (Å²) in [7, 11) is 0. The Morgan fingerprint density at radius 2 is 1.83 bits per heavy atom. The van der Waals surface area contributed by atoms with Gasteiger partial charge in [0.15, 0.2) is 0 Å². The van der Waals surface area contributed by atoms with Crippen LogP contribution in [0.3, 0.4) is 0 Å². The molecule has 2 aromatic rings. The Morgan fingerprint density at radius 1 is 1.03 bits per heavy atom. The number of rotatable bonds is 7. The van der Waals surface area contributed by atoms with Gasteiger partial charge in [-0.3, -0.25) is 4.79 Å². The minimum Gasteiger partial charge on any atom is -0.396 e. The van der Waals surface area contributed by atoms with Crippen LogP contribution in [0.25, 0.3) is 0 Å². The van der Waals surface area contributed by atoms with Gasteiger partial charge in [-0.15, -0.1) is 0 Å². The third-order valence-corrected chi connectivity index (χ3v) is 7.59. The lowest BCUT2D eigenvalue weighted by atomic mass is 9.80. The van der Waals surface area contributed by atoms with Crippen molar-refractivity contribution in [3.63, 3.8) is 0 Å². The molecule has 0 aromatic heterocycles. The van der Waals surface area contributed by atoms with Gasteiger partial charge in [-0.25, -0.2) is 4.39 Å². The van der Waals surface area contributed by atoms with Crippen LogP contribution in [0.15, 0.2) is 84.0 Å². The predicted octanol–water partition coefficient (Wildman–Crippen LogP) is 7.56. The molecular formula is C32H38FNO2. The van der Waals surface area contributed by atoms with Gasteiger partial charge in [0.05, 0.1) is 6.54 Å². The van der Waals surface area contributed by atoms with Crippen LogP contribution >= 0.6 is 0 Å². The molecule has 190 valence electrons. The Kier molecular flexibility index (Phi) is 9.29. The van der Waals surface area contributed by atoms with Crippen molar-refractivity contribution in [1.82, 2.24) is 0 Å². The smallest absolute Gasteiger partial charge is 0.258 e. The highest BCUT2D eigenvalue weighted by Crippen LogP contribution is 2.34. The summed E-state index contributed by atoms with van der Waals surface area (Å²) >= 11 is 0. The average Bonchev–Trinajstić information content (AvgIpc) is 3.10. The molecule has 2 atom stereocenters. The normalized spacial score (nSPS) is 20.5. The summed E-state index contributed by atoms with van der Waals surface area (Å²) in [6.45, 7) is 2.68. The first kappa shape index (κ1) is 26.1. The number of halogens is 1. The molecule has 4 rings (SSSR count). The number of aliphatic hydroxyl groups is 1. The van der Waals surface area contributed by atoms with E-state index in [0.717, 1.165) is 24.0 Å². The Balaban J connectivity index is 1.54. The largest absolute Gasteiger partial charge is 0.396 e. The molecule has 2 aromatic carbocycles. The second kappa shape index (κ2) is 12.8. The molecule has 1 fully saturated rings. The standard InChI is InChI=1S/C32H38FNO2/c1-24-6-4-11-29(22-24)32(36)34(31-18-16-30(33)17-19-31)23-26-8-5-10-28(15-13-26)27-9-3-2-7-25(12-14-27)20-21-35/h4-6,8,11,13,15-19,22,25,27,35H,2-3,7,9-10,12,14,20-21,23H2,1H3. The first-order chi connectivity index (χ1) is 17.5. The second-order valence-electron chi connectivity index (χ2n) is 10.3. The maximum atomic E-state index is 13.6. The van der Waals surface area contributed by atoms with Gasteiger partial charge >= 0.3 is 0 Å². The number of nitrogens with zero attached hydrogens (tertiary/aromatic N) is 1. The van der Waals surface area contributed by atoms with Crippen LogP contribution in [-0.2, 0) is 0 Å². The van der Waals surface area contributed by atoms with Crippen molar-refractivity contribution in [3.8, 4) is 0 Å². The number of carbonyl (C=O) groups is 1. The maximum Gasteiger partial charge on any atom is 0.258 e. The van der Waals surface area contributed by atoms with Gasteiger partial charge in [0.1, 0.15) is 5.82 Å². The molecule has 0 heterocycles. The van der Waals surface area contributed by atoms with E-state index in [9.17, 15) is 14.3 Å². The van der Waals surface area contributed by atoms with Crippen molar-refractivity contribution in [2.45, 2.75) is 58.3 Å². The van der Waals surface area contributed by atoms with Crippen LogP contribution in [0.1, 0.15) is 67.3 Å². The highest BCUT2D eigenvalue weighted by atomic mass is 19.1. The van der Waals surface area contributed by atoms with E-state index < -0.39 is 0 Å². The number of amides is 1. The van der Waals surface area contributed by atoms with Crippen molar-refractivity contribution in [1.29, 1.82) is 0 Å². The van der Waals surface area contributed by atoms with Gasteiger partial charge in [-0.2, -0.15) is 0 Å². The zero-order chi connectivity index (χ0) is 25.3. The molecule has 1 amide bonds. The minimum absolute atomic E-state index is 0.0944. The maximum absolute atomic E-state index is 13.6. The van der Waals surface area contributed by atoms with Gasteiger partial charge < -0.3 is 10.0 Å². The average molecular weight is 488 g/mol. The van der Waals surface area contributed by atoms with E-state index in [1.807, 2.05) is 31.2 Å². The summed E-state index contributed by atoms with van der Waals surface area (Å²) in [6, 6.07) is 13.7. The van der Waals surface area contributed by atoms with Gasteiger partial charge in [0.25, 0.3) is 5.91 Å². The Bertz CT molecular complexity index is 1120. The lowest BCUT2D eigenvalue weighted by Crippen LogP contribution is -2.32. The number of hydrogen-bond acceptors (Lipinski definition) is 2. The Morgan fingerprint density at radius 3 is 2.61 bits per heavy atom. The Labute approximate surface area is 215 Å². The molecule has 0 radical (unpaired) electrons. The number of aliphatic hydroxyl groups excluding tert-OH is 1. The third-order valence-electron chi connectivity index (χ3n) is 7.59. The van der Waals surface area contributed by atoms with E-state index in [4.69, 9.17) is 0 Å². The van der Waals surface area contributed by atoms with Crippen LogP contribution in [0.5, 0.6) is 0 Å². The zero-order valence-corrected chi connectivity index (χ0v) is 21.3. The number of hydrogen-bond donors (Lipinski definition) is 1. The van der Waals surface area contributed by atoms with Crippen LogP contribution < -0.4 is 4.90 Å². The predicted molar refractivity (Wildman–Crippen MR) is 146 cm³/mol. The van der Waals surface area contributed by atoms with Crippen molar-refractivity contribution in [3.05, 3.63) is 101 Å². The van der Waals surface area contributed by atoms with Crippen LogP contribution in [0.2, 0.25) is 0 Å². The molecule has 0 bridgehead atoms. The quantitative estimate of drug-likeness (QED) is 0.438. The number of anilines is 1. The van der Waals surface area contributed by atoms with E-state index >= 15 is 0 Å². The molecule has 0 saturated heterocycles. The zero-order valence-electron chi connectivity index (χ0n) is 21.3. The second-order valence-corrected chi connectivity index (χ2v) is 10.3. The van der Waals surface area contributed by atoms with Crippen molar-refractivity contribution >= 4 is 11.6 Å². The molecule has 36 heavy (non-hydrogen) atoms. The highest BCUT2D eigenvalue weighted by Gasteiger charge is 2.22. The monoisotopic (exact) mass is 487 g/mol. The topological polar surface area (TPSA) is 40.5 Å². The minimum atomic E-state index is -0.316. The SMILES string of the molecule is Cc1cccc(C(=O)N(CC2=CC=C(C3CCCCC(CCO)CC3)CC=C2)c2ccc(F)cc2)c1. The lowest BCUT2D eigenvalue weighted by Gasteiger charge is -2.26. The summed E-state index contributed by atoms with van der Waals surface area (Å²) in [4.78, 5) is 15.3. The molecule has 1 N–H and O–H groups in total. The third kappa shape index (κ3) is 7.04. The summed E-state index contributed by atoms with van der Waals surface area (Å²) in [5.74, 6) is 0.808. The van der Waals surface area contributed by atoms with Crippen molar-refractivity contribution in [2.24, 2.45) is 11.8 Å². The summed E-state index contributed by atoms with van der Waals surface area (Å²) in [6.07, 6.45) is 17.9. The van der Waals surface area contributed by atoms with Crippen molar-refractivity contribution < 1.29 is 14.3 Å². The molecule has 0 spiro atoms. The molecule has 3 nitrogen and oxygen atoms in total. The number of allylic oxidation sites excluding steroid dienone is 4. The molecule has 2 unspecified atom stereocenters. The number of carbonyl (C=O) groups excluding carboxylic acids is 1. The summed E-state index contributed by atoms with van der Waals surface area (Å²) in [5, 5.41) is 9.38. The fraction of sp³-hybridized carbons (Fsp3) is 0.406. The molecule has 0 aliphatic heterocycles. The van der Waals surface area contributed by atoms with Gasteiger partial charge in [-0.1, -0.05) is 66.8 Å². The Hall–Kier alpha value is -2.98. The first-order valence-electron chi connectivity index (χ1n) is 13.3. The fourth-order valence-electron chi connectivity index (χ4n) is 5.50. The first-order valence-corrected chi connectivity index (χ1v) is 13.3. The molecule has 2 aliphatic carbocycles. The van der Waals surface area contributed by atoms with E-state index in [-0.39, 0.29) is 11.7 Å². The van der Waals surface area contributed by atoms with Crippen LogP contribution in [0, 0.1) is 24.6 Å². The van der Waals surface area contributed by atoms with Gasteiger partial charge in [0.2, 0.25) is 0 Å². The van der Waals surface area contributed by atoms with E-state index in [0.29, 0.717) is 36.2 Å². The number of benzene rings is 2. The van der Waals surface area contributed by atoms with E-state index in [2.05, 4.69) is 24.3 Å². The molecular weight excluding hydrogens is 449 g/mol. The van der Waals surface area contributed by atoms with Gasteiger partial charge in [0, 0.05) is 17.9 Å². The molecule has 4 heteroatoms. The summed E-state index contributed by atoms with van der Waals surface area (Å²) in [5.41, 5.74) is 4.85. The van der Waals surface area contributed by atoms with E-state index in [1.54, 1.807) is 17.0 Å². The van der Waals surface area contributed by atoms with Crippen molar-refractivity contribution in [2.75, 3.05) is 18.1 Å². The van der Waals surface area contributed by atoms with Crippen LogP contribution in [-0.4, -0.2) is 24.2 Å². The fourth-order valence-corrected chi connectivity index (χ4v) is 5.50. The van der Waals surface area contributed by atoms with Crippen LogP contribution in [0.4, 0.5) is 10.1 Å². The molecule has 2 aliphatic rings. The molecule has 1 saturated carbocycles. The highest BCUT2D eigenvalue weighted by molar-refractivity contribution is 6.06. The van der Waals surface area contributed by atoms with Gasteiger partial charge in [-0.05, 0) is 92.8 Å². The van der Waals surface area contributed by atoms with E-state index in [1.165, 1.54) is 56.2 Å². The number of aryl methyl sites for hydroxylation is 1. The summed E-state index contributed by atoms with van der Waals surface area (Å²) < 4.78 is 13.6. The lowest BCUT2D eigenvalue weighted by molar-refractivity contribution is 0.0989.